The number of nitrogens with two attached hydrogens (primary N) is 1. The number of nitrogens with zero attached hydrogens (tertiary/aromatic N) is 1. The lowest BCUT2D eigenvalue weighted by atomic mass is 10.1. The van der Waals surface area contributed by atoms with E-state index >= 15 is 0 Å². The number of non-ortho nitro benzene ring substituents is 1. The second kappa shape index (κ2) is 6.93. The molecule has 0 bridgehead atoms. The van der Waals surface area contributed by atoms with Gasteiger partial charge in [-0.1, -0.05) is 12.1 Å². The van der Waals surface area contributed by atoms with Crippen LogP contribution in [-0.2, 0) is 4.79 Å². The van der Waals surface area contributed by atoms with Crippen LogP contribution in [0.25, 0.3) is 0 Å². The molecule has 0 saturated carbocycles. The zero-order valence-corrected chi connectivity index (χ0v) is 10.9. The average Bonchev–Trinajstić information content (AvgIpc) is 2.28. The highest BCUT2D eigenvalue weighted by molar-refractivity contribution is 5.85. The maximum atomic E-state index is 11.4. The first-order valence-corrected chi connectivity index (χ1v) is 5.22. The van der Waals surface area contributed by atoms with Crippen LogP contribution < -0.4 is 11.1 Å². The van der Waals surface area contributed by atoms with Gasteiger partial charge in [0.1, 0.15) is 0 Å². The topological polar surface area (TPSA) is 98.3 Å². The first-order chi connectivity index (χ1) is 7.91. The van der Waals surface area contributed by atoms with Crippen LogP contribution in [-0.4, -0.2) is 16.9 Å². The fourth-order valence-electron chi connectivity index (χ4n) is 1.34. The third kappa shape index (κ3) is 4.31. The molecule has 0 heterocycles. The highest BCUT2D eigenvalue weighted by Crippen LogP contribution is 2.18. The summed E-state index contributed by atoms with van der Waals surface area (Å²) in [7, 11) is 0. The van der Waals surface area contributed by atoms with E-state index in [0.717, 1.165) is 0 Å². The predicted octanol–water partition coefficient (Wildman–Crippen LogP) is 1.54. The zero-order chi connectivity index (χ0) is 13.0. The lowest BCUT2D eigenvalue weighted by Gasteiger charge is -2.15. The van der Waals surface area contributed by atoms with Crippen LogP contribution in [0.2, 0.25) is 0 Å². The predicted molar refractivity (Wildman–Crippen MR) is 70.6 cm³/mol. The number of nitrogens with one attached hydrogen (secondary N) is 1. The molecule has 1 unspecified atom stereocenters. The molecular weight excluding hydrogens is 258 g/mol. The van der Waals surface area contributed by atoms with Gasteiger partial charge in [-0.05, 0) is 19.4 Å². The number of benzene rings is 1. The molecule has 100 valence electrons. The quantitative estimate of drug-likeness (QED) is 0.642. The van der Waals surface area contributed by atoms with E-state index in [1.54, 1.807) is 26.0 Å². The van der Waals surface area contributed by atoms with Gasteiger partial charge in [0, 0.05) is 12.1 Å². The Hall–Kier alpha value is -1.66. The molecule has 1 amide bonds. The van der Waals surface area contributed by atoms with Crippen molar-refractivity contribution in [1.82, 2.24) is 5.32 Å². The Balaban J connectivity index is 0.00000289. The third-order valence-corrected chi connectivity index (χ3v) is 2.35. The molecule has 6 nitrogen and oxygen atoms in total. The van der Waals surface area contributed by atoms with Crippen LogP contribution in [0.1, 0.15) is 25.5 Å². The Morgan fingerprint density at radius 1 is 1.44 bits per heavy atom. The van der Waals surface area contributed by atoms with Gasteiger partial charge in [-0.15, -0.1) is 12.4 Å². The van der Waals surface area contributed by atoms with E-state index in [9.17, 15) is 14.9 Å². The normalized spacial score (nSPS) is 13.1. The summed E-state index contributed by atoms with van der Waals surface area (Å²) in [5.74, 6) is -0.288. The SMILES string of the molecule is CC(NC(=O)[C@H](C)N)c1cccc([N+](=O)[O-])c1.Cl. The van der Waals surface area contributed by atoms with Crippen molar-refractivity contribution in [2.24, 2.45) is 5.73 Å². The monoisotopic (exact) mass is 273 g/mol. The number of hydrogen-bond donors (Lipinski definition) is 2. The molecule has 0 aromatic heterocycles. The molecule has 7 heteroatoms. The Morgan fingerprint density at radius 3 is 2.56 bits per heavy atom. The van der Waals surface area contributed by atoms with Crippen molar-refractivity contribution in [3.05, 3.63) is 39.9 Å². The standard InChI is InChI=1S/C11H15N3O3.ClH/c1-7(12)11(15)13-8(2)9-4-3-5-10(6-9)14(16)17;/h3-8H,12H2,1-2H3,(H,13,15);1H/t7-,8?;/m0./s1. The molecule has 0 radical (unpaired) electrons. The number of nitro benzene ring substituents is 1. The summed E-state index contributed by atoms with van der Waals surface area (Å²) in [6.45, 7) is 3.33. The maximum Gasteiger partial charge on any atom is 0.269 e. The lowest BCUT2D eigenvalue weighted by Crippen LogP contribution is -2.39. The van der Waals surface area contributed by atoms with Crippen LogP contribution in [0.15, 0.2) is 24.3 Å². The summed E-state index contributed by atoms with van der Waals surface area (Å²) in [6.07, 6.45) is 0. The molecule has 0 spiro atoms. The second-order valence-corrected chi connectivity index (χ2v) is 3.87. The van der Waals surface area contributed by atoms with Crippen molar-refractivity contribution in [2.75, 3.05) is 0 Å². The second-order valence-electron chi connectivity index (χ2n) is 3.87. The number of carbonyl (C=O) groups is 1. The number of hydrogen-bond acceptors (Lipinski definition) is 4. The molecule has 1 aromatic carbocycles. The largest absolute Gasteiger partial charge is 0.348 e. The summed E-state index contributed by atoms with van der Waals surface area (Å²) in [6, 6.07) is 5.24. The van der Waals surface area contributed by atoms with Crippen LogP contribution in [0, 0.1) is 10.1 Å². The Bertz CT molecular complexity index is 437. The average molecular weight is 274 g/mol. The summed E-state index contributed by atoms with van der Waals surface area (Å²) in [5.41, 5.74) is 6.10. The van der Waals surface area contributed by atoms with Crippen LogP contribution in [0.3, 0.4) is 0 Å². The van der Waals surface area contributed by atoms with E-state index < -0.39 is 11.0 Å². The van der Waals surface area contributed by atoms with Gasteiger partial charge in [-0.3, -0.25) is 14.9 Å². The molecular formula is C11H16ClN3O3. The van der Waals surface area contributed by atoms with Crippen molar-refractivity contribution < 1.29 is 9.72 Å². The molecule has 0 fully saturated rings. The van der Waals surface area contributed by atoms with Crippen molar-refractivity contribution in [1.29, 1.82) is 0 Å². The fraction of sp³-hybridized carbons (Fsp3) is 0.364. The molecule has 0 aliphatic heterocycles. The van der Waals surface area contributed by atoms with Crippen molar-refractivity contribution in [2.45, 2.75) is 25.9 Å². The van der Waals surface area contributed by atoms with Crippen molar-refractivity contribution >= 4 is 24.0 Å². The van der Waals surface area contributed by atoms with Crippen LogP contribution in [0.4, 0.5) is 5.69 Å². The minimum Gasteiger partial charge on any atom is -0.348 e. The summed E-state index contributed by atoms with van der Waals surface area (Å²) < 4.78 is 0. The lowest BCUT2D eigenvalue weighted by molar-refractivity contribution is -0.384. The Morgan fingerprint density at radius 2 is 2.06 bits per heavy atom. The zero-order valence-electron chi connectivity index (χ0n) is 10.1. The minimum absolute atomic E-state index is 0. The van der Waals surface area contributed by atoms with E-state index in [-0.39, 0.29) is 30.0 Å². The van der Waals surface area contributed by atoms with Gasteiger partial charge in [-0.2, -0.15) is 0 Å². The number of amides is 1. The summed E-state index contributed by atoms with van der Waals surface area (Å²) in [5, 5.41) is 13.3. The highest BCUT2D eigenvalue weighted by atomic mass is 35.5. The molecule has 3 N–H and O–H groups in total. The third-order valence-electron chi connectivity index (χ3n) is 2.35. The van der Waals surface area contributed by atoms with Gasteiger partial charge in [0.15, 0.2) is 0 Å². The minimum atomic E-state index is -0.601. The van der Waals surface area contributed by atoms with Gasteiger partial charge < -0.3 is 11.1 Å². The van der Waals surface area contributed by atoms with Crippen LogP contribution >= 0.6 is 12.4 Å². The molecule has 0 saturated heterocycles. The smallest absolute Gasteiger partial charge is 0.269 e. The van der Waals surface area contributed by atoms with Gasteiger partial charge >= 0.3 is 0 Å². The molecule has 0 aliphatic rings. The van der Waals surface area contributed by atoms with Gasteiger partial charge in [0.25, 0.3) is 5.69 Å². The van der Waals surface area contributed by atoms with E-state index in [2.05, 4.69) is 5.32 Å². The van der Waals surface area contributed by atoms with E-state index in [1.807, 2.05) is 0 Å². The van der Waals surface area contributed by atoms with E-state index in [1.165, 1.54) is 12.1 Å². The number of rotatable bonds is 4. The fourth-order valence-corrected chi connectivity index (χ4v) is 1.34. The molecule has 1 rings (SSSR count). The highest BCUT2D eigenvalue weighted by Gasteiger charge is 2.14. The first-order valence-electron chi connectivity index (χ1n) is 5.22. The Kier molecular flexibility index (Phi) is 6.29. The van der Waals surface area contributed by atoms with Gasteiger partial charge in [0.05, 0.1) is 17.0 Å². The van der Waals surface area contributed by atoms with Crippen LogP contribution in [0.5, 0.6) is 0 Å². The summed E-state index contributed by atoms with van der Waals surface area (Å²) >= 11 is 0. The molecule has 2 atom stereocenters. The molecule has 0 aliphatic carbocycles. The van der Waals surface area contributed by atoms with Gasteiger partial charge in [0.2, 0.25) is 5.91 Å². The molecule has 18 heavy (non-hydrogen) atoms. The number of carbonyl (C=O) groups excluding carboxylic acids is 1. The number of nitro groups is 1. The van der Waals surface area contributed by atoms with Crippen molar-refractivity contribution in [3.63, 3.8) is 0 Å². The summed E-state index contributed by atoms with van der Waals surface area (Å²) in [4.78, 5) is 21.5. The van der Waals surface area contributed by atoms with Crippen molar-refractivity contribution in [3.8, 4) is 0 Å². The molecule has 1 aromatic rings. The van der Waals surface area contributed by atoms with E-state index in [4.69, 9.17) is 5.73 Å². The Labute approximate surface area is 111 Å². The number of halogens is 1. The van der Waals surface area contributed by atoms with Gasteiger partial charge in [-0.25, -0.2) is 0 Å². The first kappa shape index (κ1) is 16.3. The maximum absolute atomic E-state index is 11.4. The van der Waals surface area contributed by atoms with E-state index in [0.29, 0.717) is 5.56 Å².